The minimum Gasteiger partial charge on any atom is -0.350 e. The van der Waals surface area contributed by atoms with Crippen LogP contribution in [0.1, 0.15) is 26.7 Å². The molecule has 1 aliphatic rings. The zero-order chi connectivity index (χ0) is 10.6. The normalized spacial score (nSPS) is 26.8. The number of likely N-dealkylation sites (tertiary alicyclic amines) is 1. The first kappa shape index (κ1) is 12.4. The van der Waals surface area contributed by atoms with Gasteiger partial charge in [-0.25, -0.2) is 0 Å². The fourth-order valence-corrected chi connectivity index (χ4v) is 2.34. The lowest BCUT2D eigenvalue weighted by molar-refractivity contribution is 0.108. The van der Waals surface area contributed by atoms with Gasteiger partial charge in [0.1, 0.15) is 0 Å². The molecule has 0 aliphatic carbocycles. The highest BCUT2D eigenvalue weighted by Gasteiger charge is 2.21. The molecule has 1 heterocycles. The molecule has 0 aromatic heterocycles. The van der Waals surface area contributed by atoms with Gasteiger partial charge in [-0.2, -0.15) is 0 Å². The Hall–Kier alpha value is 0.310. The van der Waals surface area contributed by atoms with Crippen molar-refractivity contribution in [2.45, 2.75) is 32.7 Å². The van der Waals surface area contributed by atoms with Gasteiger partial charge >= 0.3 is 0 Å². The molecule has 1 N–H and O–H groups in total. The first-order valence-corrected chi connectivity index (χ1v) is 7.05. The minimum atomic E-state index is -1.17. The van der Waals surface area contributed by atoms with E-state index in [-0.39, 0.29) is 0 Å². The van der Waals surface area contributed by atoms with E-state index in [0.29, 0.717) is 12.0 Å². The SMILES string of the molecule is CC(C)N1CCCC(COP(C)O)C1. The van der Waals surface area contributed by atoms with Crippen molar-refractivity contribution in [3.8, 4) is 0 Å². The Balaban J connectivity index is 2.25. The fourth-order valence-electron chi connectivity index (χ4n) is 1.92. The Kier molecular flexibility index (Phi) is 5.32. The molecule has 0 aromatic carbocycles. The van der Waals surface area contributed by atoms with Crippen LogP contribution in [0.5, 0.6) is 0 Å². The summed E-state index contributed by atoms with van der Waals surface area (Å²) in [5.41, 5.74) is 0. The molecule has 0 radical (unpaired) electrons. The van der Waals surface area contributed by atoms with Crippen LogP contribution in [0.4, 0.5) is 0 Å². The monoisotopic (exact) mass is 219 g/mol. The third-order valence-corrected chi connectivity index (χ3v) is 3.30. The van der Waals surface area contributed by atoms with Gasteiger partial charge in [-0.3, -0.25) is 0 Å². The van der Waals surface area contributed by atoms with Crippen molar-refractivity contribution >= 4 is 8.38 Å². The van der Waals surface area contributed by atoms with Gasteiger partial charge in [0.25, 0.3) is 0 Å². The van der Waals surface area contributed by atoms with Crippen LogP contribution in [0.2, 0.25) is 0 Å². The van der Waals surface area contributed by atoms with Crippen LogP contribution < -0.4 is 0 Å². The Morgan fingerprint density at radius 3 is 2.86 bits per heavy atom. The van der Waals surface area contributed by atoms with Gasteiger partial charge in [0.05, 0.1) is 6.61 Å². The lowest BCUT2D eigenvalue weighted by atomic mass is 9.98. The second-order valence-corrected chi connectivity index (χ2v) is 5.54. The molecule has 4 heteroatoms. The summed E-state index contributed by atoms with van der Waals surface area (Å²) in [4.78, 5) is 11.6. The molecule has 14 heavy (non-hydrogen) atoms. The molecule has 1 aliphatic heterocycles. The van der Waals surface area contributed by atoms with E-state index in [0.717, 1.165) is 13.2 Å². The van der Waals surface area contributed by atoms with Crippen LogP contribution in [-0.2, 0) is 4.52 Å². The lowest BCUT2D eigenvalue weighted by Gasteiger charge is -2.35. The van der Waals surface area contributed by atoms with E-state index in [1.165, 1.54) is 19.4 Å². The Morgan fingerprint density at radius 2 is 2.29 bits per heavy atom. The molecule has 0 saturated carbocycles. The van der Waals surface area contributed by atoms with E-state index in [9.17, 15) is 0 Å². The molecule has 3 nitrogen and oxygen atoms in total. The average molecular weight is 219 g/mol. The van der Waals surface area contributed by atoms with Crippen LogP contribution in [0.3, 0.4) is 0 Å². The summed E-state index contributed by atoms with van der Waals surface area (Å²) in [6, 6.07) is 0.634. The molecule has 0 aromatic rings. The molecular formula is C10H22NO2P. The van der Waals surface area contributed by atoms with E-state index in [1.807, 2.05) is 0 Å². The minimum absolute atomic E-state index is 0.614. The summed E-state index contributed by atoms with van der Waals surface area (Å²) >= 11 is 0. The lowest BCUT2D eigenvalue weighted by Crippen LogP contribution is -2.41. The van der Waals surface area contributed by atoms with Crippen molar-refractivity contribution < 1.29 is 9.42 Å². The zero-order valence-corrected chi connectivity index (χ0v) is 10.3. The average Bonchev–Trinajstić information content (AvgIpc) is 2.15. The number of piperidine rings is 1. The standard InChI is InChI=1S/C10H22NO2P/c1-9(2)11-6-4-5-10(7-11)8-13-14(3)12/h9-10,12H,4-8H2,1-3H3. The molecular weight excluding hydrogens is 197 g/mol. The topological polar surface area (TPSA) is 32.7 Å². The predicted octanol–water partition coefficient (Wildman–Crippen LogP) is 2.06. The van der Waals surface area contributed by atoms with E-state index in [4.69, 9.17) is 9.42 Å². The number of hydrogen-bond acceptors (Lipinski definition) is 3. The van der Waals surface area contributed by atoms with E-state index in [2.05, 4.69) is 18.7 Å². The van der Waals surface area contributed by atoms with Gasteiger partial charge in [0.2, 0.25) is 0 Å². The Bertz CT molecular complexity index is 164. The van der Waals surface area contributed by atoms with Gasteiger partial charge in [-0.15, -0.1) is 0 Å². The zero-order valence-electron chi connectivity index (χ0n) is 9.44. The number of rotatable bonds is 4. The molecule has 1 rings (SSSR count). The summed E-state index contributed by atoms with van der Waals surface area (Å²) in [5.74, 6) is 0.614. The quantitative estimate of drug-likeness (QED) is 0.735. The summed E-state index contributed by atoms with van der Waals surface area (Å²) in [7, 11) is -1.17. The molecule has 84 valence electrons. The van der Waals surface area contributed by atoms with Crippen LogP contribution in [-0.4, -0.2) is 42.2 Å². The Labute approximate surface area is 88.4 Å². The van der Waals surface area contributed by atoms with Crippen molar-refractivity contribution in [3.63, 3.8) is 0 Å². The first-order valence-electron chi connectivity index (χ1n) is 5.39. The maximum atomic E-state index is 9.09. The smallest absolute Gasteiger partial charge is 0.164 e. The molecule has 0 spiro atoms. The van der Waals surface area contributed by atoms with Gasteiger partial charge in [-0.1, -0.05) is 0 Å². The van der Waals surface area contributed by atoms with Gasteiger partial charge in [0.15, 0.2) is 8.38 Å². The third kappa shape index (κ3) is 4.22. The summed E-state index contributed by atoms with van der Waals surface area (Å²) in [6.45, 7) is 9.28. The molecule has 0 amide bonds. The molecule has 1 saturated heterocycles. The van der Waals surface area contributed by atoms with E-state index >= 15 is 0 Å². The Morgan fingerprint density at radius 1 is 1.57 bits per heavy atom. The molecule has 1 fully saturated rings. The number of hydrogen-bond donors (Lipinski definition) is 1. The predicted molar refractivity (Wildman–Crippen MR) is 60.4 cm³/mol. The highest BCUT2D eigenvalue weighted by molar-refractivity contribution is 7.45. The third-order valence-electron chi connectivity index (χ3n) is 2.78. The van der Waals surface area contributed by atoms with Gasteiger partial charge < -0.3 is 14.3 Å². The fraction of sp³-hybridized carbons (Fsp3) is 1.00. The highest BCUT2D eigenvalue weighted by atomic mass is 31.2. The van der Waals surface area contributed by atoms with Crippen molar-refractivity contribution in [2.75, 3.05) is 26.4 Å². The second-order valence-electron chi connectivity index (χ2n) is 4.36. The van der Waals surface area contributed by atoms with E-state index in [1.54, 1.807) is 6.66 Å². The van der Waals surface area contributed by atoms with Crippen molar-refractivity contribution in [1.82, 2.24) is 4.90 Å². The molecule has 2 unspecified atom stereocenters. The summed E-state index contributed by atoms with van der Waals surface area (Å²) < 4.78 is 5.30. The van der Waals surface area contributed by atoms with E-state index < -0.39 is 8.38 Å². The molecule has 0 bridgehead atoms. The van der Waals surface area contributed by atoms with Crippen molar-refractivity contribution in [2.24, 2.45) is 5.92 Å². The number of nitrogens with zero attached hydrogens (tertiary/aromatic N) is 1. The van der Waals surface area contributed by atoms with Gasteiger partial charge in [-0.05, 0) is 39.2 Å². The van der Waals surface area contributed by atoms with Crippen LogP contribution in [0, 0.1) is 5.92 Å². The summed E-state index contributed by atoms with van der Waals surface area (Å²) in [6.07, 6.45) is 2.51. The highest BCUT2D eigenvalue weighted by Crippen LogP contribution is 2.28. The van der Waals surface area contributed by atoms with Crippen molar-refractivity contribution in [3.05, 3.63) is 0 Å². The van der Waals surface area contributed by atoms with Crippen LogP contribution >= 0.6 is 8.38 Å². The first-order chi connectivity index (χ1) is 6.59. The maximum absolute atomic E-state index is 9.09. The maximum Gasteiger partial charge on any atom is 0.164 e. The van der Waals surface area contributed by atoms with Crippen LogP contribution in [0.15, 0.2) is 0 Å². The van der Waals surface area contributed by atoms with Gasteiger partial charge in [0, 0.05) is 19.3 Å². The second kappa shape index (κ2) is 6.02. The van der Waals surface area contributed by atoms with Crippen molar-refractivity contribution in [1.29, 1.82) is 0 Å². The summed E-state index contributed by atoms with van der Waals surface area (Å²) in [5, 5.41) is 0. The van der Waals surface area contributed by atoms with Crippen LogP contribution in [0.25, 0.3) is 0 Å². The largest absolute Gasteiger partial charge is 0.350 e. The molecule has 2 atom stereocenters.